The van der Waals surface area contributed by atoms with Gasteiger partial charge in [-0.15, -0.1) is 0 Å². The van der Waals surface area contributed by atoms with E-state index < -0.39 is 113 Å². The number of aliphatic hydroxyl groups is 11. The van der Waals surface area contributed by atoms with Crippen molar-refractivity contribution in [2.24, 2.45) is 0 Å². The van der Waals surface area contributed by atoms with Gasteiger partial charge in [-0.25, -0.2) is 0 Å². The van der Waals surface area contributed by atoms with E-state index in [2.05, 4.69) is 0 Å². The predicted octanol–water partition coefficient (Wildman–Crippen LogP) is -7.26. The van der Waals surface area contributed by atoms with Crippen LogP contribution in [0.15, 0.2) is 0 Å². The van der Waals surface area contributed by atoms with Gasteiger partial charge in [0.1, 0.15) is 73.2 Å². The molecule has 0 bridgehead atoms. The molecular formula is C18H34O15. The molecule has 15 heteroatoms. The fourth-order valence-electron chi connectivity index (χ4n) is 3.63. The highest BCUT2D eigenvalue weighted by molar-refractivity contribution is 4.98. The molecule has 0 amide bonds. The van der Waals surface area contributed by atoms with Crippen molar-refractivity contribution >= 4 is 0 Å². The summed E-state index contributed by atoms with van der Waals surface area (Å²) < 4.78 is 29.0. The average Bonchev–Trinajstić information content (AvgIpc) is 2.82. The van der Waals surface area contributed by atoms with Crippen LogP contribution in [0.4, 0.5) is 0 Å². The Hall–Kier alpha value is -0.600. The van der Waals surface area contributed by atoms with Gasteiger partial charge in [0.2, 0.25) is 0 Å². The maximum absolute atomic E-state index is 10.5. The van der Waals surface area contributed by atoms with Gasteiger partial charge in [-0.3, -0.25) is 0 Å². The molecule has 196 valence electrons. The molecule has 0 aliphatic carbocycles. The Kier molecular flexibility index (Phi) is 10.6. The van der Waals surface area contributed by atoms with Gasteiger partial charge >= 0.3 is 0 Å². The molecule has 2 heterocycles. The van der Waals surface area contributed by atoms with Crippen LogP contribution in [0.2, 0.25) is 0 Å². The summed E-state index contributed by atoms with van der Waals surface area (Å²) in [5.41, 5.74) is 0. The van der Waals surface area contributed by atoms with Gasteiger partial charge in [0.25, 0.3) is 0 Å². The number of hydrogen-bond acceptors (Lipinski definition) is 15. The Morgan fingerprint density at radius 1 is 0.758 bits per heavy atom. The fraction of sp³-hybridized carbons (Fsp3) is 1.00. The summed E-state index contributed by atoms with van der Waals surface area (Å²) in [5.74, 6) is 0. The average molecular weight is 491 g/mol. The smallest absolute Gasteiger partial charge is 0.187 e. The van der Waals surface area contributed by atoms with Crippen molar-refractivity contribution < 1.29 is 76.5 Å². The molecule has 0 radical (unpaired) electrons. The first-order valence-corrected chi connectivity index (χ1v) is 10.2. The Labute approximate surface area is 190 Å². The topological polar surface area (TPSA) is 259 Å². The Morgan fingerprint density at radius 3 is 1.88 bits per heavy atom. The van der Waals surface area contributed by atoms with E-state index in [1.165, 1.54) is 0 Å². The highest BCUT2D eigenvalue weighted by Gasteiger charge is 2.52. The summed E-state index contributed by atoms with van der Waals surface area (Å²) in [6.07, 6.45) is -23.1. The summed E-state index contributed by atoms with van der Waals surface area (Å²) in [4.78, 5) is 0. The molecule has 4 unspecified atom stereocenters. The standard InChI is InChI=1S/C18H34O15/c19-1-6(23)5-30-17-13(28)11(26)9(4-22)32-18(17)33-15(7(24)2-20)16-14(29)12(27)10(25)8(3-21)31-16/h6-29H,1-5H2/t6?,7?,8-,9-,10-,11-,12+,13+,14-,15?,16+,17-,18?/m1/s1/i6D. The molecule has 2 saturated heterocycles. The van der Waals surface area contributed by atoms with Crippen molar-refractivity contribution in [3.63, 3.8) is 0 Å². The Balaban J connectivity index is 2.33. The van der Waals surface area contributed by atoms with Crippen molar-refractivity contribution in [3.05, 3.63) is 0 Å². The van der Waals surface area contributed by atoms with E-state index in [1.807, 2.05) is 0 Å². The first kappa shape index (κ1) is 27.0. The maximum atomic E-state index is 10.5. The van der Waals surface area contributed by atoms with E-state index >= 15 is 0 Å². The molecule has 2 rings (SSSR count). The summed E-state index contributed by atoms with van der Waals surface area (Å²) in [6, 6.07) is 0. The third-order valence-electron chi connectivity index (χ3n) is 5.56. The third kappa shape index (κ3) is 6.54. The lowest BCUT2D eigenvalue weighted by molar-refractivity contribution is -0.346. The number of hydrogen-bond donors (Lipinski definition) is 11. The van der Waals surface area contributed by atoms with Crippen LogP contribution in [0.3, 0.4) is 0 Å². The summed E-state index contributed by atoms with van der Waals surface area (Å²) >= 11 is 0. The lowest BCUT2D eigenvalue weighted by Gasteiger charge is -2.47. The molecule has 15 nitrogen and oxygen atoms in total. The van der Waals surface area contributed by atoms with Crippen molar-refractivity contribution in [1.29, 1.82) is 0 Å². The van der Waals surface area contributed by atoms with Gasteiger partial charge in [0.05, 0.1) is 34.4 Å². The Bertz CT molecular complexity index is 612. The number of ether oxygens (including phenoxy) is 4. The largest absolute Gasteiger partial charge is 0.394 e. The summed E-state index contributed by atoms with van der Waals surface area (Å²) in [6.45, 7) is -4.53. The zero-order valence-electron chi connectivity index (χ0n) is 18.5. The zero-order valence-corrected chi connectivity index (χ0v) is 17.5. The predicted molar refractivity (Wildman–Crippen MR) is 102 cm³/mol. The molecule has 2 aliphatic rings. The molecule has 0 aromatic carbocycles. The van der Waals surface area contributed by atoms with Crippen LogP contribution in [0, 0.1) is 0 Å². The molecule has 13 atom stereocenters. The molecule has 2 aliphatic heterocycles. The summed E-state index contributed by atoms with van der Waals surface area (Å²) in [7, 11) is 0. The van der Waals surface area contributed by atoms with E-state index in [0.717, 1.165) is 0 Å². The second-order valence-corrected chi connectivity index (χ2v) is 7.85. The van der Waals surface area contributed by atoms with Crippen molar-refractivity contribution in [3.8, 4) is 0 Å². The van der Waals surface area contributed by atoms with E-state index in [4.69, 9.17) is 25.4 Å². The van der Waals surface area contributed by atoms with Gasteiger partial charge < -0.3 is 75.1 Å². The van der Waals surface area contributed by atoms with Crippen LogP contribution in [-0.2, 0) is 18.9 Å². The quantitative estimate of drug-likeness (QED) is 0.128. The molecule has 2 fully saturated rings. The molecule has 0 spiro atoms. The SMILES string of the molecule is [2H]C(O)(CO)CO[C@H]1C(OC(C(O)CO)[C@H]2O[C@H](CO)[C@@H](O)[C@H](O)[C@H]2O)O[C@H](CO)[C@@H](O)[C@@H]1O. The fourth-order valence-corrected chi connectivity index (χ4v) is 3.63. The van der Waals surface area contributed by atoms with Crippen LogP contribution < -0.4 is 0 Å². The number of rotatable bonds is 11. The second kappa shape index (κ2) is 12.9. The monoisotopic (exact) mass is 491 g/mol. The van der Waals surface area contributed by atoms with Crippen LogP contribution in [0.1, 0.15) is 1.37 Å². The second-order valence-electron chi connectivity index (χ2n) is 7.85. The van der Waals surface area contributed by atoms with Crippen LogP contribution in [0.5, 0.6) is 0 Å². The lowest BCUT2D eigenvalue weighted by atomic mass is 9.90. The minimum absolute atomic E-state index is 0.796. The zero-order chi connectivity index (χ0) is 25.8. The molecule has 0 aromatic rings. The highest BCUT2D eigenvalue weighted by atomic mass is 16.7. The lowest BCUT2D eigenvalue weighted by Crippen LogP contribution is -2.66. The Morgan fingerprint density at radius 2 is 1.33 bits per heavy atom. The first-order valence-electron chi connectivity index (χ1n) is 10.7. The normalized spacial score (nSPS) is 44.0. The van der Waals surface area contributed by atoms with Gasteiger partial charge in [-0.05, 0) is 0 Å². The van der Waals surface area contributed by atoms with E-state index in [-0.39, 0.29) is 0 Å². The highest BCUT2D eigenvalue weighted by Crippen LogP contribution is 2.31. The molecule has 0 saturated carbocycles. The maximum Gasteiger partial charge on any atom is 0.187 e. The van der Waals surface area contributed by atoms with E-state index in [0.29, 0.717) is 0 Å². The van der Waals surface area contributed by atoms with Gasteiger partial charge in [0, 0.05) is 0 Å². The summed E-state index contributed by atoms with van der Waals surface area (Å²) in [5, 5.41) is 108. The minimum atomic E-state index is -2.51. The molecule has 0 aromatic heterocycles. The van der Waals surface area contributed by atoms with Gasteiger partial charge in [-0.1, -0.05) is 0 Å². The number of aliphatic hydroxyl groups excluding tert-OH is 10. The van der Waals surface area contributed by atoms with Crippen molar-refractivity contribution in [2.75, 3.05) is 33.0 Å². The van der Waals surface area contributed by atoms with Gasteiger partial charge in [0.15, 0.2) is 6.29 Å². The van der Waals surface area contributed by atoms with E-state index in [9.17, 15) is 51.1 Å². The van der Waals surface area contributed by atoms with Gasteiger partial charge in [-0.2, -0.15) is 0 Å². The first-order chi connectivity index (χ1) is 15.9. The molecular weight excluding hydrogens is 456 g/mol. The van der Waals surface area contributed by atoms with Crippen molar-refractivity contribution in [1.82, 2.24) is 0 Å². The van der Waals surface area contributed by atoms with E-state index in [1.54, 1.807) is 0 Å². The van der Waals surface area contributed by atoms with Crippen LogP contribution >= 0.6 is 0 Å². The van der Waals surface area contributed by atoms with Crippen LogP contribution in [0.25, 0.3) is 0 Å². The van der Waals surface area contributed by atoms with Crippen molar-refractivity contribution in [2.45, 2.75) is 79.5 Å². The molecule has 33 heavy (non-hydrogen) atoms. The molecule has 11 N–H and O–H groups in total. The third-order valence-corrected chi connectivity index (χ3v) is 5.56. The minimum Gasteiger partial charge on any atom is -0.394 e. The van der Waals surface area contributed by atoms with Crippen LogP contribution in [-0.4, -0.2) is 169 Å².